The second-order valence-corrected chi connectivity index (χ2v) is 6.06. The Morgan fingerprint density at radius 2 is 1.68 bits per heavy atom. The molecular formula is C17H12ClN5O2. The first-order chi connectivity index (χ1) is 12.1. The molecule has 0 fully saturated rings. The molecule has 1 atom stereocenters. The molecule has 124 valence electrons. The molecule has 0 saturated carbocycles. The fourth-order valence-electron chi connectivity index (χ4n) is 2.78. The molecule has 1 aromatic heterocycles. The van der Waals surface area contributed by atoms with Crippen molar-refractivity contribution in [2.24, 2.45) is 0 Å². The second kappa shape index (κ2) is 5.78. The van der Waals surface area contributed by atoms with Crippen LogP contribution >= 0.6 is 11.6 Å². The minimum Gasteiger partial charge on any atom is -0.269 e. The van der Waals surface area contributed by atoms with E-state index in [4.69, 9.17) is 11.6 Å². The van der Waals surface area contributed by atoms with Gasteiger partial charge >= 0.3 is 0 Å². The number of halogens is 1. The highest BCUT2D eigenvalue weighted by molar-refractivity contribution is 6.30. The first-order valence-corrected chi connectivity index (χ1v) is 7.97. The number of nitrogens with zero attached hydrogens (tertiary/aromatic N) is 5. The lowest BCUT2D eigenvalue weighted by atomic mass is 10.1. The average Bonchev–Trinajstić information content (AvgIpc) is 3.20. The number of amides is 2. The van der Waals surface area contributed by atoms with Crippen LogP contribution in [0.3, 0.4) is 0 Å². The van der Waals surface area contributed by atoms with E-state index >= 15 is 0 Å². The van der Waals surface area contributed by atoms with Crippen molar-refractivity contribution < 1.29 is 9.59 Å². The maximum Gasteiger partial charge on any atom is 0.262 e. The minimum absolute atomic E-state index is 0.273. The number of hydrogen-bond acceptors (Lipinski definition) is 5. The summed E-state index contributed by atoms with van der Waals surface area (Å²) in [6, 6.07) is 13.1. The van der Waals surface area contributed by atoms with Crippen molar-refractivity contribution in [2.75, 3.05) is 0 Å². The van der Waals surface area contributed by atoms with Crippen molar-refractivity contribution in [2.45, 2.75) is 13.0 Å². The van der Waals surface area contributed by atoms with E-state index in [1.807, 2.05) is 0 Å². The third kappa shape index (κ3) is 2.49. The van der Waals surface area contributed by atoms with Crippen molar-refractivity contribution in [3.63, 3.8) is 0 Å². The summed E-state index contributed by atoms with van der Waals surface area (Å²) in [6.45, 7) is 1.70. The molecule has 7 nitrogen and oxygen atoms in total. The predicted molar refractivity (Wildman–Crippen MR) is 89.5 cm³/mol. The Labute approximate surface area is 147 Å². The van der Waals surface area contributed by atoms with E-state index in [0.717, 1.165) is 4.90 Å². The van der Waals surface area contributed by atoms with Gasteiger partial charge in [-0.25, -0.2) is 0 Å². The monoisotopic (exact) mass is 353 g/mol. The lowest BCUT2D eigenvalue weighted by Gasteiger charge is -2.19. The summed E-state index contributed by atoms with van der Waals surface area (Å²) in [5.41, 5.74) is 1.42. The van der Waals surface area contributed by atoms with Crippen LogP contribution in [-0.2, 0) is 0 Å². The fourth-order valence-corrected chi connectivity index (χ4v) is 2.96. The average molecular weight is 354 g/mol. The van der Waals surface area contributed by atoms with Gasteiger partial charge in [0.1, 0.15) is 6.04 Å². The van der Waals surface area contributed by atoms with Gasteiger partial charge in [0.2, 0.25) is 0 Å². The van der Waals surface area contributed by atoms with Crippen LogP contribution in [0.15, 0.2) is 48.5 Å². The van der Waals surface area contributed by atoms with Crippen molar-refractivity contribution >= 4 is 23.4 Å². The fraction of sp³-hybridized carbons (Fsp3) is 0.118. The van der Waals surface area contributed by atoms with Gasteiger partial charge in [0.15, 0.2) is 5.82 Å². The largest absolute Gasteiger partial charge is 0.269 e. The molecule has 0 aliphatic carbocycles. The van der Waals surface area contributed by atoms with Crippen molar-refractivity contribution in [3.05, 3.63) is 70.5 Å². The molecule has 0 bridgehead atoms. The SMILES string of the molecule is C[C@H](c1nnn(-c2cccc(Cl)c2)n1)N1C(=O)c2ccccc2C1=O. The molecule has 0 N–H and O–H groups in total. The van der Waals surface area contributed by atoms with Gasteiger partial charge in [-0.15, -0.1) is 15.0 Å². The highest BCUT2D eigenvalue weighted by Crippen LogP contribution is 2.29. The van der Waals surface area contributed by atoms with Crippen LogP contribution in [0.25, 0.3) is 5.69 Å². The summed E-state index contributed by atoms with van der Waals surface area (Å²) in [4.78, 5) is 27.6. The lowest BCUT2D eigenvalue weighted by Crippen LogP contribution is -2.33. The van der Waals surface area contributed by atoms with E-state index < -0.39 is 6.04 Å². The number of fused-ring (bicyclic) bond motifs is 1. The third-order valence-electron chi connectivity index (χ3n) is 4.05. The molecule has 0 unspecified atom stereocenters. The molecule has 1 aliphatic heterocycles. The second-order valence-electron chi connectivity index (χ2n) is 5.62. The van der Waals surface area contributed by atoms with Crippen LogP contribution < -0.4 is 0 Å². The molecule has 2 amide bonds. The van der Waals surface area contributed by atoms with Crippen molar-refractivity contribution in [1.29, 1.82) is 0 Å². The Hall–Kier alpha value is -3.06. The number of benzene rings is 2. The Balaban J connectivity index is 1.66. The third-order valence-corrected chi connectivity index (χ3v) is 4.29. The van der Waals surface area contributed by atoms with E-state index in [9.17, 15) is 9.59 Å². The molecule has 4 rings (SSSR count). The zero-order valence-corrected chi connectivity index (χ0v) is 13.9. The highest BCUT2D eigenvalue weighted by Gasteiger charge is 2.40. The van der Waals surface area contributed by atoms with Gasteiger partial charge in [-0.05, 0) is 42.5 Å². The summed E-state index contributed by atoms with van der Waals surface area (Å²) in [5, 5.41) is 12.8. The maximum atomic E-state index is 12.5. The van der Waals surface area contributed by atoms with Crippen molar-refractivity contribution in [3.8, 4) is 5.69 Å². The first-order valence-electron chi connectivity index (χ1n) is 7.59. The molecule has 8 heteroatoms. The van der Waals surface area contributed by atoms with Crippen LogP contribution in [0.5, 0.6) is 0 Å². The Morgan fingerprint density at radius 3 is 2.32 bits per heavy atom. The molecule has 25 heavy (non-hydrogen) atoms. The Bertz CT molecular complexity index is 965. The van der Waals surface area contributed by atoms with E-state index in [2.05, 4.69) is 15.4 Å². The van der Waals surface area contributed by atoms with E-state index in [-0.39, 0.29) is 17.6 Å². The zero-order chi connectivity index (χ0) is 17.6. The quantitative estimate of drug-likeness (QED) is 0.676. The number of imide groups is 1. The number of carbonyl (C=O) groups is 2. The van der Waals surface area contributed by atoms with Crippen LogP contribution in [0, 0.1) is 0 Å². The number of rotatable bonds is 3. The van der Waals surface area contributed by atoms with Gasteiger partial charge in [-0.3, -0.25) is 14.5 Å². The molecule has 0 spiro atoms. The molecule has 2 aromatic carbocycles. The van der Waals surface area contributed by atoms with Gasteiger partial charge in [-0.2, -0.15) is 0 Å². The minimum atomic E-state index is -0.639. The van der Waals surface area contributed by atoms with Gasteiger partial charge < -0.3 is 0 Å². The van der Waals surface area contributed by atoms with Crippen molar-refractivity contribution in [1.82, 2.24) is 25.1 Å². The van der Waals surface area contributed by atoms with Gasteiger partial charge in [-0.1, -0.05) is 29.8 Å². The topological polar surface area (TPSA) is 81.0 Å². The summed E-state index contributed by atoms with van der Waals surface area (Å²) in [7, 11) is 0. The van der Waals surface area contributed by atoms with Crippen LogP contribution in [0.2, 0.25) is 5.02 Å². The van der Waals surface area contributed by atoms with Gasteiger partial charge in [0, 0.05) is 5.02 Å². The maximum absolute atomic E-state index is 12.5. The first kappa shape index (κ1) is 15.5. The standard InChI is InChI=1S/C17H12ClN5O2/c1-10(22-16(24)13-7-2-3-8-14(13)17(22)25)15-19-21-23(20-15)12-6-4-5-11(18)9-12/h2-10H,1H3/t10-/m1/s1. The summed E-state index contributed by atoms with van der Waals surface area (Å²) in [6.07, 6.45) is 0. The van der Waals surface area contributed by atoms with Gasteiger partial charge in [0.25, 0.3) is 11.8 Å². The normalized spacial score (nSPS) is 14.7. The van der Waals surface area contributed by atoms with E-state index in [0.29, 0.717) is 21.8 Å². The van der Waals surface area contributed by atoms with E-state index in [1.165, 1.54) is 4.80 Å². The van der Waals surface area contributed by atoms with Crippen LogP contribution in [-0.4, -0.2) is 36.9 Å². The Morgan fingerprint density at radius 1 is 1.00 bits per heavy atom. The van der Waals surface area contributed by atoms with Crippen LogP contribution in [0.1, 0.15) is 39.5 Å². The van der Waals surface area contributed by atoms with Gasteiger partial charge in [0.05, 0.1) is 16.8 Å². The number of hydrogen-bond donors (Lipinski definition) is 0. The molecular weight excluding hydrogens is 342 g/mol. The summed E-state index contributed by atoms with van der Waals surface area (Å²) < 4.78 is 0. The Kier molecular flexibility index (Phi) is 3.58. The molecule has 0 radical (unpaired) electrons. The lowest BCUT2D eigenvalue weighted by molar-refractivity contribution is 0.0588. The van der Waals surface area contributed by atoms with E-state index in [1.54, 1.807) is 55.5 Å². The predicted octanol–water partition coefficient (Wildman–Crippen LogP) is 2.67. The molecule has 0 saturated heterocycles. The number of carbonyl (C=O) groups excluding carboxylic acids is 2. The van der Waals surface area contributed by atoms with Crippen LogP contribution in [0.4, 0.5) is 0 Å². The molecule has 1 aliphatic rings. The summed E-state index contributed by atoms with van der Waals surface area (Å²) >= 11 is 5.97. The smallest absolute Gasteiger partial charge is 0.262 e. The molecule has 2 heterocycles. The number of aromatic nitrogens is 4. The molecule has 3 aromatic rings. The number of tetrazole rings is 1. The summed E-state index contributed by atoms with van der Waals surface area (Å²) in [5.74, 6) is -0.436. The zero-order valence-electron chi connectivity index (χ0n) is 13.1. The highest BCUT2D eigenvalue weighted by atomic mass is 35.5.